The number of aromatic nitrogens is 1. The normalized spacial score (nSPS) is 10.6. The number of H-pyrrole nitrogens is 1. The van der Waals surface area contributed by atoms with Crippen LogP contribution in [-0.4, -0.2) is 16.7 Å². The predicted octanol–water partition coefficient (Wildman–Crippen LogP) is 3.64. The summed E-state index contributed by atoms with van der Waals surface area (Å²) in [7, 11) is 0. The minimum atomic E-state index is -0.547. The monoisotopic (exact) mass is 340 g/mol. The molecule has 3 aromatic rings. The van der Waals surface area contributed by atoms with E-state index in [-0.39, 0.29) is 16.8 Å². The molecule has 120 valence electrons. The Morgan fingerprint density at radius 3 is 2.67 bits per heavy atom. The Labute approximate surface area is 142 Å². The van der Waals surface area contributed by atoms with Gasteiger partial charge in [-0.05, 0) is 37.3 Å². The zero-order valence-corrected chi connectivity index (χ0v) is 13.5. The largest absolute Gasteiger partial charge is 0.360 e. The van der Waals surface area contributed by atoms with E-state index >= 15 is 0 Å². The number of carbonyl (C=O) groups is 2. The summed E-state index contributed by atoms with van der Waals surface area (Å²) in [4.78, 5) is 39.2. The standard InChI is InChI=1S/C18H13ClN2O3/c1-10(22)11-3-2-4-13(7-11)21-18(24)15-9-20-16-8-12(19)5-6-14(16)17(15)23/h2-9H,1H3,(H,20,23)(H,21,24). The lowest BCUT2D eigenvalue weighted by atomic mass is 10.1. The Morgan fingerprint density at radius 1 is 1.12 bits per heavy atom. The molecule has 0 spiro atoms. The fourth-order valence-corrected chi connectivity index (χ4v) is 2.55. The molecule has 1 heterocycles. The first-order valence-electron chi connectivity index (χ1n) is 7.19. The topological polar surface area (TPSA) is 79.0 Å². The van der Waals surface area contributed by atoms with Crippen molar-refractivity contribution >= 4 is 39.9 Å². The van der Waals surface area contributed by atoms with Gasteiger partial charge in [-0.15, -0.1) is 0 Å². The number of pyridine rings is 1. The lowest BCUT2D eigenvalue weighted by molar-refractivity contribution is 0.101. The number of anilines is 1. The van der Waals surface area contributed by atoms with Crippen molar-refractivity contribution in [3.8, 4) is 0 Å². The van der Waals surface area contributed by atoms with Gasteiger partial charge in [0, 0.05) is 27.9 Å². The summed E-state index contributed by atoms with van der Waals surface area (Å²) in [6.45, 7) is 1.44. The molecule has 0 aliphatic rings. The van der Waals surface area contributed by atoms with Crippen LogP contribution in [-0.2, 0) is 0 Å². The highest BCUT2D eigenvalue weighted by molar-refractivity contribution is 6.31. The van der Waals surface area contributed by atoms with Crippen molar-refractivity contribution in [2.75, 3.05) is 5.32 Å². The van der Waals surface area contributed by atoms with Crippen LogP contribution < -0.4 is 10.7 Å². The van der Waals surface area contributed by atoms with Crippen LogP contribution >= 0.6 is 11.6 Å². The van der Waals surface area contributed by atoms with Crippen LogP contribution in [0.5, 0.6) is 0 Å². The zero-order chi connectivity index (χ0) is 17.3. The highest BCUT2D eigenvalue weighted by atomic mass is 35.5. The third-order valence-corrected chi connectivity index (χ3v) is 3.85. The highest BCUT2D eigenvalue weighted by Crippen LogP contribution is 2.16. The van der Waals surface area contributed by atoms with E-state index in [1.165, 1.54) is 13.1 Å². The molecule has 6 heteroatoms. The van der Waals surface area contributed by atoms with Crippen LogP contribution in [0.15, 0.2) is 53.5 Å². The van der Waals surface area contributed by atoms with E-state index in [1.54, 1.807) is 42.5 Å². The summed E-state index contributed by atoms with van der Waals surface area (Å²) < 4.78 is 0. The third kappa shape index (κ3) is 3.07. The smallest absolute Gasteiger partial charge is 0.261 e. The van der Waals surface area contributed by atoms with Gasteiger partial charge >= 0.3 is 0 Å². The van der Waals surface area contributed by atoms with Gasteiger partial charge in [0.15, 0.2) is 5.78 Å². The minimum Gasteiger partial charge on any atom is -0.360 e. The fourth-order valence-electron chi connectivity index (χ4n) is 2.38. The van der Waals surface area contributed by atoms with Crippen molar-refractivity contribution in [1.29, 1.82) is 0 Å². The molecule has 0 saturated carbocycles. The second-order valence-corrected chi connectivity index (χ2v) is 5.75. The van der Waals surface area contributed by atoms with E-state index in [0.717, 1.165) is 0 Å². The minimum absolute atomic E-state index is 0.0157. The van der Waals surface area contributed by atoms with E-state index in [1.807, 2.05) is 0 Å². The number of rotatable bonds is 3. The molecule has 1 amide bonds. The van der Waals surface area contributed by atoms with Gasteiger partial charge < -0.3 is 10.3 Å². The third-order valence-electron chi connectivity index (χ3n) is 3.61. The Hall–Kier alpha value is -2.92. The Balaban J connectivity index is 1.96. The molecule has 0 radical (unpaired) electrons. The Bertz CT molecular complexity index is 1020. The molecule has 0 unspecified atom stereocenters. The molecular weight excluding hydrogens is 328 g/mol. The van der Waals surface area contributed by atoms with E-state index < -0.39 is 5.91 Å². The van der Waals surface area contributed by atoms with Gasteiger partial charge in [0.05, 0.1) is 5.52 Å². The molecule has 0 aliphatic carbocycles. The van der Waals surface area contributed by atoms with E-state index in [9.17, 15) is 14.4 Å². The van der Waals surface area contributed by atoms with E-state index in [2.05, 4.69) is 10.3 Å². The molecule has 0 fully saturated rings. The first-order chi connectivity index (χ1) is 11.5. The maximum atomic E-state index is 12.5. The van der Waals surface area contributed by atoms with Crippen molar-refractivity contribution in [1.82, 2.24) is 4.98 Å². The first-order valence-corrected chi connectivity index (χ1v) is 7.57. The number of nitrogens with one attached hydrogen (secondary N) is 2. The highest BCUT2D eigenvalue weighted by Gasteiger charge is 2.14. The van der Waals surface area contributed by atoms with Crippen molar-refractivity contribution in [2.45, 2.75) is 6.92 Å². The molecule has 24 heavy (non-hydrogen) atoms. The van der Waals surface area contributed by atoms with Gasteiger partial charge in [-0.1, -0.05) is 23.7 Å². The molecule has 2 aromatic carbocycles. The Morgan fingerprint density at radius 2 is 1.92 bits per heavy atom. The average molecular weight is 341 g/mol. The van der Waals surface area contributed by atoms with Crippen LogP contribution in [0.4, 0.5) is 5.69 Å². The number of benzene rings is 2. The van der Waals surface area contributed by atoms with Gasteiger partial charge in [-0.25, -0.2) is 0 Å². The van der Waals surface area contributed by atoms with Crippen LogP contribution in [0.2, 0.25) is 5.02 Å². The molecule has 2 N–H and O–H groups in total. The van der Waals surface area contributed by atoms with Crippen molar-refractivity contribution < 1.29 is 9.59 Å². The predicted molar refractivity (Wildman–Crippen MR) is 94.0 cm³/mol. The molecule has 3 rings (SSSR count). The maximum absolute atomic E-state index is 12.5. The summed E-state index contributed by atoms with van der Waals surface area (Å²) in [6, 6.07) is 11.3. The van der Waals surface area contributed by atoms with Crippen LogP contribution in [0.3, 0.4) is 0 Å². The second-order valence-electron chi connectivity index (χ2n) is 5.31. The zero-order valence-electron chi connectivity index (χ0n) is 12.7. The molecule has 0 bridgehead atoms. The summed E-state index contributed by atoms with van der Waals surface area (Å²) >= 11 is 5.89. The van der Waals surface area contributed by atoms with Crippen molar-refractivity contribution in [3.05, 3.63) is 75.0 Å². The number of ketones is 1. The van der Waals surface area contributed by atoms with Gasteiger partial charge in [0.1, 0.15) is 5.56 Å². The lowest BCUT2D eigenvalue weighted by Gasteiger charge is -2.07. The molecule has 5 nitrogen and oxygen atoms in total. The molecular formula is C18H13ClN2O3. The number of Topliss-reactive ketones (excluding diaryl/α,β-unsaturated/α-hetero) is 1. The number of amides is 1. The average Bonchev–Trinajstić information content (AvgIpc) is 2.55. The summed E-state index contributed by atoms with van der Waals surface area (Å²) in [5, 5.41) is 3.51. The van der Waals surface area contributed by atoms with Gasteiger partial charge in [0.25, 0.3) is 5.91 Å². The van der Waals surface area contributed by atoms with Gasteiger partial charge in [-0.2, -0.15) is 0 Å². The summed E-state index contributed by atoms with van der Waals surface area (Å²) in [5.74, 6) is -0.652. The van der Waals surface area contributed by atoms with Crippen molar-refractivity contribution in [3.63, 3.8) is 0 Å². The van der Waals surface area contributed by atoms with Gasteiger partial charge in [-0.3, -0.25) is 14.4 Å². The van der Waals surface area contributed by atoms with Crippen LogP contribution in [0, 0.1) is 0 Å². The number of aromatic amines is 1. The van der Waals surface area contributed by atoms with E-state index in [4.69, 9.17) is 11.6 Å². The lowest BCUT2D eigenvalue weighted by Crippen LogP contribution is -2.22. The number of hydrogen-bond donors (Lipinski definition) is 2. The molecule has 1 aromatic heterocycles. The molecule has 0 saturated heterocycles. The maximum Gasteiger partial charge on any atom is 0.261 e. The fraction of sp³-hybridized carbons (Fsp3) is 0.0556. The number of carbonyl (C=O) groups excluding carboxylic acids is 2. The number of fused-ring (bicyclic) bond motifs is 1. The first kappa shape index (κ1) is 16.0. The second kappa shape index (κ2) is 6.29. The van der Waals surface area contributed by atoms with Crippen molar-refractivity contribution in [2.24, 2.45) is 0 Å². The van der Waals surface area contributed by atoms with Crippen LogP contribution in [0.1, 0.15) is 27.6 Å². The Kier molecular flexibility index (Phi) is 4.18. The van der Waals surface area contributed by atoms with Crippen LogP contribution in [0.25, 0.3) is 10.9 Å². The SMILES string of the molecule is CC(=O)c1cccc(NC(=O)c2c[nH]c3cc(Cl)ccc3c2=O)c1. The quantitative estimate of drug-likeness (QED) is 0.714. The van der Waals surface area contributed by atoms with E-state index in [0.29, 0.717) is 27.2 Å². The summed E-state index contributed by atoms with van der Waals surface area (Å²) in [6.07, 6.45) is 1.35. The summed E-state index contributed by atoms with van der Waals surface area (Å²) in [5.41, 5.74) is 1.08. The molecule has 0 atom stereocenters. The number of hydrogen-bond acceptors (Lipinski definition) is 3. The number of halogens is 1. The molecule has 0 aliphatic heterocycles. The van der Waals surface area contributed by atoms with Gasteiger partial charge in [0.2, 0.25) is 5.43 Å².